The number of halogens is 1. The Bertz CT molecular complexity index is 484. The molecule has 1 aliphatic heterocycles. The SMILES string of the molecule is O=S(=O)(C[C@H]1CCCNC1)c1cccc(Br)n1. The maximum atomic E-state index is 12.1. The molecule has 1 saturated heterocycles. The molecule has 0 aliphatic carbocycles. The van der Waals surface area contributed by atoms with Gasteiger partial charge in [0, 0.05) is 0 Å². The number of pyridine rings is 1. The minimum atomic E-state index is -3.26. The summed E-state index contributed by atoms with van der Waals surface area (Å²) >= 11 is 3.19. The van der Waals surface area contributed by atoms with E-state index in [9.17, 15) is 8.42 Å². The summed E-state index contributed by atoms with van der Waals surface area (Å²) in [6.45, 7) is 1.78. The van der Waals surface area contributed by atoms with E-state index in [2.05, 4.69) is 26.2 Å². The summed E-state index contributed by atoms with van der Waals surface area (Å²) in [4.78, 5) is 4.02. The van der Waals surface area contributed by atoms with Crippen LogP contribution in [0.5, 0.6) is 0 Å². The highest BCUT2D eigenvalue weighted by Gasteiger charge is 2.23. The number of sulfone groups is 1. The average Bonchev–Trinajstić information content (AvgIpc) is 2.30. The summed E-state index contributed by atoms with van der Waals surface area (Å²) in [6, 6.07) is 4.97. The zero-order valence-electron chi connectivity index (χ0n) is 9.39. The molecule has 0 amide bonds. The minimum absolute atomic E-state index is 0.164. The number of rotatable bonds is 3. The van der Waals surface area contributed by atoms with Gasteiger partial charge in [0.15, 0.2) is 14.9 Å². The van der Waals surface area contributed by atoms with Gasteiger partial charge in [-0.1, -0.05) is 6.07 Å². The average molecular weight is 319 g/mol. The van der Waals surface area contributed by atoms with Crippen molar-refractivity contribution in [1.82, 2.24) is 10.3 Å². The van der Waals surface area contributed by atoms with E-state index in [0.717, 1.165) is 25.9 Å². The fourth-order valence-corrected chi connectivity index (χ4v) is 4.09. The molecule has 2 heterocycles. The molecule has 1 aromatic heterocycles. The Hall–Kier alpha value is -0.460. The molecule has 0 spiro atoms. The second-order valence-corrected chi connectivity index (χ2v) is 7.09. The minimum Gasteiger partial charge on any atom is -0.316 e. The lowest BCUT2D eigenvalue weighted by molar-refractivity contribution is 0.403. The van der Waals surface area contributed by atoms with Crippen LogP contribution in [0, 0.1) is 5.92 Å². The van der Waals surface area contributed by atoms with Crippen LogP contribution in [0.25, 0.3) is 0 Å². The lowest BCUT2D eigenvalue weighted by Crippen LogP contribution is -2.33. The van der Waals surface area contributed by atoms with Crippen molar-refractivity contribution < 1.29 is 8.42 Å². The smallest absolute Gasteiger partial charge is 0.195 e. The molecule has 1 N–H and O–H groups in total. The number of hydrogen-bond acceptors (Lipinski definition) is 4. The summed E-state index contributed by atoms with van der Waals surface area (Å²) in [5, 5.41) is 3.39. The number of aromatic nitrogens is 1. The summed E-state index contributed by atoms with van der Waals surface area (Å²) in [7, 11) is -3.26. The molecule has 94 valence electrons. The molecule has 6 heteroatoms. The van der Waals surface area contributed by atoms with Gasteiger partial charge in [-0.05, 0) is 59.9 Å². The number of nitrogens with one attached hydrogen (secondary N) is 1. The lowest BCUT2D eigenvalue weighted by Gasteiger charge is -2.22. The van der Waals surface area contributed by atoms with Crippen molar-refractivity contribution in [3.63, 3.8) is 0 Å². The fourth-order valence-electron chi connectivity index (χ4n) is 2.02. The molecule has 4 nitrogen and oxygen atoms in total. The number of piperidine rings is 1. The first-order chi connectivity index (χ1) is 8.08. The maximum Gasteiger partial charge on any atom is 0.195 e. The van der Waals surface area contributed by atoms with E-state index >= 15 is 0 Å². The van der Waals surface area contributed by atoms with Crippen molar-refractivity contribution >= 4 is 25.8 Å². The standard InChI is InChI=1S/C11H15BrN2O2S/c12-10-4-1-5-11(14-10)17(15,16)8-9-3-2-6-13-7-9/h1,4-5,9,13H,2-3,6-8H2/t9-/m0/s1. The largest absolute Gasteiger partial charge is 0.316 e. The second kappa shape index (κ2) is 5.46. The Labute approximate surface area is 110 Å². The van der Waals surface area contributed by atoms with Gasteiger partial charge in [0.1, 0.15) is 4.60 Å². The quantitative estimate of drug-likeness (QED) is 0.860. The molecule has 1 atom stereocenters. The van der Waals surface area contributed by atoms with Gasteiger partial charge in [0.25, 0.3) is 0 Å². The van der Waals surface area contributed by atoms with Gasteiger partial charge in [-0.3, -0.25) is 0 Å². The third-order valence-electron chi connectivity index (χ3n) is 2.86. The number of nitrogens with zero attached hydrogens (tertiary/aromatic N) is 1. The first-order valence-electron chi connectivity index (χ1n) is 5.64. The molecule has 0 radical (unpaired) electrons. The Morgan fingerprint density at radius 3 is 2.94 bits per heavy atom. The van der Waals surface area contributed by atoms with Crippen LogP contribution in [0.2, 0.25) is 0 Å². The molecule has 0 bridgehead atoms. The van der Waals surface area contributed by atoms with Crippen molar-refractivity contribution in [2.75, 3.05) is 18.8 Å². The van der Waals surface area contributed by atoms with Crippen LogP contribution in [-0.4, -0.2) is 32.2 Å². The maximum absolute atomic E-state index is 12.1. The normalized spacial score (nSPS) is 21.4. The fraction of sp³-hybridized carbons (Fsp3) is 0.545. The predicted molar refractivity (Wildman–Crippen MR) is 69.6 cm³/mol. The highest BCUT2D eigenvalue weighted by Crippen LogP contribution is 2.18. The van der Waals surface area contributed by atoms with Crippen LogP contribution >= 0.6 is 15.9 Å². The van der Waals surface area contributed by atoms with E-state index in [1.807, 2.05) is 0 Å². The van der Waals surface area contributed by atoms with Crippen LogP contribution < -0.4 is 5.32 Å². The zero-order valence-corrected chi connectivity index (χ0v) is 11.8. The van der Waals surface area contributed by atoms with Gasteiger partial charge >= 0.3 is 0 Å². The topological polar surface area (TPSA) is 59.1 Å². The molecule has 0 saturated carbocycles. The van der Waals surface area contributed by atoms with Gasteiger partial charge in [-0.15, -0.1) is 0 Å². The number of hydrogen-bond donors (Lipinski definition) is 1. The first-order valence-corrected chi connectivity index (χ1v) is 8.08. The molecule has 17 heavy (non-hydrogen) atoms. The summed E-state index contributed by atoms with van der Waals surface area (Å²) in [6.07, 6.45) is 2.02. The molecule has 0 aromatic carbocycles. The molecule has 2 rings (SSSR count). The molecule has 1 fully saturated rings. The zero-order chi connectivity index (χ0) is 12.3. The monoisotopic (exact) mass is 318 g/mol. The van der Waals surface area contributed by atoms with Crippen molar-refractivity contribution in [2.24, 2.45) is 5.92 Å². The predicted octanol–water partition coefficient (Wildman–Crippen LogP) is 1.62. The van der Waals surface area contributed by atoms with Crippen LogP contribution in [-0.2, 0) is 9.84 Å². The third kappa shape index (κ3) is 3.50. The van der Waals surface area contributed by atoms with E-state index in [1.165, 1.54) is 0 Å². The van der Waals surface area contributed by atoms with E-state index in [0.29, 0.717) is 4.60 Å². The third-order valence-corrected chi connectivity index (χ3v) is 5.08. The van der Waals surface area contributed by atoms with Gasteiger partial charge in [-0.25, -0.2) is 13.4 Å². The highest BCUT2D eigenvalue weighted by atomic mass is 79.9. The Kier molecular flexibility index (Phi) is 4.17. The van der Waals surface area contributed by atoms with Gasteiger partial charge in [0.2, 0.25) is 0 Å². The second-order valence-electron chi connectivity index (χ2n) is 4.29. The molecular formula is C11H15BrN2O2S. The Morgan fingerprint density at radius 1 is 1.47 bits per heavy atom. The molecule has 0 unspecified atom stereocenters. The summed E-state index contributed by atoms with van der Waals surface area (Å²) < 4.78 is 24.8. The van der Waals surface area contributed by atoms with Crippen LogP contribution in [0.4, 0.5) is 0 Å². The van der Waals surface area contributed by atoms with Crippen LogP contribution in [0.15, 0.2) is 27.8 Å². The van der Waals surface area contributed by atoms with E-state index in [1.54, 1.807) is 18.2 Å². The van der Waals surface area contributed by atoms with Gasteiger partial charge in [-0.2, -0.15) is 0 Å². The highest BCUT2D eigenvalue weighted by molar-refractivity contribution is 9.10. The Morgan fingerprint density at radius 2 is 2.29 bits per heavy atom. The Balaban J connectivity index is 2.13. The van der Waals surface area contributed by atoms with E-state index in [4.69, 9.17) is 0 Å². The molecular weight excluding hydrogens is 304 g/mol. The van der Waals surface area contributed by atoms with Crippen molar-refractivity contribution in [3.05, 3.63) is 22.8 Å². The van der Waals surface area contributed by atoms with Crippen molar-refractivity contribution in [3.8, 4) is 0 Å². The van der Waals surface area contributed by atoms with Gasteiger partial charge in [0.05, 0.1) is 5.75 Å². The van der Waals surface area contributed by atoms with Crippen LogP contribution in [0.1, 0.15) is 12.8 Å². The van der Waals surface area contributed by atoms with Crippen molar-refractivity contribution in [1.29, 1.82) is 0 Å². The lowest BCUT2D eigenvalue weighted by atomic mass is 10.0. The molecule has 1 aliphatic rings. The van der Waals surface area contributed by atoms with Crippen molar-refractivity contribution in [2.45, 2.75) is 17.9 Å². The summed E-state index contributed by atoms with van der Waals surface area (Å²) in [5.41, 5.74) is 0. The van der Waals surface area contributed by atoms with E-state index < -0.39 is 9.84 Å². The first kappa shape index (κ1) is 13.0. The van der Waals surface area contributed by atoms with Crippen LogP contribution in [0.3, 0.4) is 0 Å². The van der Waals surface area contributed by atoms with Gasteiger partial charge < -0.3 is 5.32 Å². The molecule has 1 aromatic rings. The summed E-state index contributed by atoms with van der Waals surface area (Å²) in [5.74, 6) is 0.387. The van der Waals surface area contributed by atoms with E-state index in [-0.39, 0.29) is 16.7 Å².